The highest BCUT2D eigenvalue weighted by molar-refractivity contribution is 6.30. The third-order valence-corrected chi connectivity index (χ3v) is 4.03. The smallest absolute Gasteiger partial charge is 0.252 e. The molecule has 0 unspecified atom stereocenters. The predicted molar refractivity (Wildman–Crippen MR) is 92.4 cm³/mol. The molecule has 0 radical (unpaired) electrons. The zero-order valence-electron chi connectivity index (χ0n) is 13.9. The molecule has 0 atom stereocenters. The van der Waals surface area contributed by atoms with Crippen molar-refractivity contribution in [2.45, 2.75) is 0 Å². The Kier molecular flexibility index (Phi) is 4.42. The number of hydrogen-bond donors (Lipinski definition) is 1. The van der Waals surface area contributed by atoms with Crippen LogP contribution < -0.4 is 19.5 Å². The van der Waals surface area contributed by atoms with Gasteiger partial charge in [-0.05, 0) is 28.8 Å². The minimum atomic E-state index is -0.108. The Labute approximate surface area is 140 Å². The molecule has 1 amide bonds. The largest absolute Gasteiger partial charge is 0.493 e. The van der Waals surface area contributed by atoms with Crippen molar-refractivity contribution in [3.8, 4) is 17.2 Å². The highest BCUT2D eigenvalue weighted by atomic mass is 16.5. The van der Waals surface area contributed by atoms with Crippen LogP contribution in [0.4, 0.5) is 0 Å². The van der Waals surface area contributed by atoms with Gasteiger partial charge in [-0.15, -0.1) is 0 Å². The monoisotopic (exact) mass is 325 g/mol. The van der Waals surface area contributed by atoms with Crippen LogP contribution >= 0.6 is 0 Å². The molecule has 5 nitrogen and oxygen atoms in total. The van der Waals surface area contributed by atoms with Crippen LogP contribution in [0.1, 0.15) is 11.1 Å². The lowest BCUT2D eigenvalue weighted by atomic mass is 9.96. The molecule has 24 heavy (non-hydrogen) atoms. The van der Waals surface area contributed by atoms with Crippen molar-refractivity contribution in [1.82, 2.24) is 5.32 Å². The van der Waals surface area contributed by atoms with Crippen LogP contribution in [-0.2, 0) is 4.79 Å². The number of benzene rings is 2. The molecule has 2 aromatic rings. The van der Waals surface area contributed by atoms with Crippen molar-refractivity contribution in [2.75, 3.05) is 27.9 Å². The molecule has 5 heteroatoms. The third kappa shape index (κ3) is 2.69. The highest BCUT2D eigenvalue weighted by Gasteiger charge is 2.27. The van der Waals surface area contributed by atoms with E-state index in [9.17, 15) is 4.79 Å². The summed E-state index contributed by atoms with van der Waals surface area (Å²) in [6, 6.07) is 13.4. The Morgan fingerprint density at radius 1 is 0.875 bits per heavy atom. The summed E-state index contributed by atoms with van der Waals surface area (Å²) in [5, 5.41) is 2.89. The molecular formula is C19H19NO4. The van der Waals surface area contributed by atoms with Crippen LogP contribution in [0.25, 0.3) is 11.1 Å². The molecule has 0 aliphatic carbocycles. The number of carbonyl (C=O) groups is 1. The van der Waals surface area contributed by atoms with Crippen molar-refractivity contribution in [3.05, 3.63) is 53.6 Å². The zero-order chi connectivity index (χ0) is 17.1. The van der Waals surface area contributed by atoms with E-state index < -0.39 is 0 Å². The number of methoxy groups -OCH3 is 3. The summed E-state index contributed by atoms with van der Waals surface area (Å²) >= 11 is 0. The van der Waals surface area contributed by atoms with E-state index in [1.54, 1.807) is 33.5 Å². The normalized spacial score (nSPS) is 13.7. The van der Waals surface area contributed by atoms with Gasteiger partial charge in [0, 0.05) is 6.54 Å². The van der Waals surface area contributed by atoms with Crippen molar-refractivity contribution in [3.63, 3.8) is 0 Å². The number of carbonyl (C=O) groups excluding carboxylic acids is 1. The van der Waals surface area contributed by atoms with Gasteiger partial charge in [-0.1, -0.05) is 30.3 Å². The fourth-order valence-corrected chi connectivity index (χ4v) is 2.90. The summed E-state index contributed by atoms with van der Waals surface area (Å²) in [5.74, 6) is 1.44. The number of ether oxygens (including phenoxy) is 3. The fraction of sp³-hybridized carbons (Fsp3) is 0.211. The van der Waals surface area contributed by atoms with Crippen molar-refractivity contribution < 1.29 is 19.0 Å². The van der Waals surface area contributed by atoms with Gasteiger partial charge in [0.15, 0.2) is 11.5 Å². The Morgan fingerprint density at radius 2 is 1.50 bits per heavy atom. The molecule has 0 bridgehead atoms. The van der Waals surface area contributed by atoms with Crippen molar-refractivity contribution in [2.24, 2.45) is 0 Å². The molecule has 3 rings (SSSR count). The first kappa shape index (κ1) is 15.9. The molecule has 2 aromatic carbocycles. The maximum Gasteiger partial charge on any atom is 0.252 e. The van der Waals surface area contributed by atoms with E-state index in [0.29, 0.717) is 29.4 Å². The van der Waals surface area contributed by atoms with E-state index in [0.717, 1.165) is 16.7 Å². The van der Waals surface area contributed by atoms with Crippen LogP contribution in [0.2, 0.25) is 0 Å². The third-order valence-electron chi connectivity index (χ3n) is 4.03. The average molecular weight is 325 g/mol. The van der Waals surface area contributed by atoms with Crippen molar-refractivity contribution >= 4 is 17.1 Å². The highest BCUT2D eigenvalue weighted by Crippen LogP contribution is 2.42. The Hall–Kier alpha value is -2.95. The van der Waals surface area contributed by atoms with Gasteiger partial charge in [0.2, 0.25) is 5.75 Å². The van der Waals surface area contributed by atoms with Gasteiger partial charge in [0.05, 0.1) is 26.9 Å². The van der Waals surface area contributed by atoms with E-state index >= 15 is 0 Å². The van der Waals surface area contributed by atoms with E-state index in [4.69, 9.17) is 14.2 Å². The summed E-state index contributed by atoms with van der Waals surface area (Å²) in [4.78, 5) is 12.4. The molecule has 0 fully saturated rings. The summed E-state index contributed by atoms with van der Waals surface area (Å²) in [6.07, 6.45) is 0. The van der Waals surface area contributed by atoms with Gasteiger partial charge in [-0.3, -0.25) is 4.79 Å². The maximum atomic E-state index is 12.4. The molecule has 1 aliphatic rings. The Bertz CT molecular complexity index is 771. The second kappa shape index (κ2) is 6.66. The van der Waals surface area contributed by atoms with Crippen LogP contribution in [0, 0.1) is 0 Å². The minimum Gasteiger partial charge on any atom is -0.493 e. The van der Waals surface area contributed by atoms with Crippen LogP contribution in [0.15, 0.2) is 42.5 Å². The Morgan fingerprint density at radius 3 is 2.04 bits per heavy atom. The predicted octanol–water partition coefficient (Wildman–Crippen LogP) is 2.75. The van der Waals surface area contributed by atoms with E-state index in [1.807, 2.05) is 30.3 Å². The molecule has 0 spiro atoms. The number of rotatable bonds is 5. The maximum absolute atomic E-state index is 12.4. The standard InChI is InChI=1S/C19H19NO4/c1-22-15-9-13(10-16(23-2)18(15)24-3)17-14(11-20-19(17)21)12-7-5-4-6-8-12/h4-10H,11H2,1-3H3,(H,20,21). The first-order valence-electron chi connectivity index (χ1n) is 7.56. The summed E-state index contributed by atoms with van der Waals surface area (Å²) < 4.78 is 16.1. The van der Waals surface area contributed by atoms with Gasteiger partial charge < -0.3 is 19.5 Å². The zero-order valence-corrected chi connectivity index (χ0v) is 13.9. The second-order valence-electron chi connectivity index (χ2n) is 5.32. The van der Waals surface area contributed by atoms with E-state index in [2.05, 4.69) is 5.32 Å². The number of nitrogens with one attached hydrogen (secondary N) is 1. The summed E-state index contributed by atoms with van der Waals surface area (Å²) in [5.41, 5.74) is 3.33. The summed E-state index contributed by atoms with van der Waals surface area (Å²) in [7, 11) is 4.67. The summed E-state index contributed by atoms with van der Waals surface area (Å²) in [6.45, 7) is 0.495. The number of amides is 1. The SMILES string of the molecule is COc1cc(C2=C(c3ccccc3)CNC2=O)cc(OC)c1OC. The van der Waals surface area contributed by atoms with Crippen LogP contribution in [0.5, 0.6) is 17.2 Å². The molecule has 124 valence electrons. The van der Waals surface area contributed by atoms with E-state index in [1.165, 1.54) is 0 Å². The van der Waals surface area contributed by atoms with Crippen molar-refractivity contribution in [1.29, 1.82) is 0 Å². The topological polar surface area (TPSA) is 56.8 Å². The first-order valence-corrected chi connectivity index (χ1v) is 7.56. The molecular weight excluding hydrogens is 306 g/mol. The molecule has 1 N–H and O–H groups in total. The first-order chi connectivity index (χ1) is 11.7. The molecule has 1 aliphatic heterocycles. The average Bonchev–Trinajstić information content (AvgIpc) is 3.02. The minimum absolute atomic E-state index is 0.108. The van der Waals surface area contributed by atoms with Crippen LogP contribution in [-0.4, -0.2) is 33.8 Å². The molecule has 1 heterocycles. The van der Waals surface area contributed by atoms with Gasteiger partial charge in [-0.2, -0.15) is 0 Å². The molecule has 0 saturated carbocycles. The van der Waals surface area contributed by atoms with E-state index in [-0.39, 0.29) is 5.91 Å². The Balaban J connectivity index is 2.20. The van der Waals surface area contributed by atoms with Crippen LogP contribution in [0.3, 0.4) is 0 Å². The van der Waals surface area contributed by atoms with Gasteiger partial charge >= 0.3 is 0 Å². The second-order valence-corrected chi connectivity index (χ2v) is 5.32. The number of hydrogen-bond acceptors (Lipinski definition) is 4. The fourth-order valence-electron chi connectivity index (χ4n) is 2.90. The molecule has 0 saturated heterocycles. The lowest BCUT2D eigenvalue weighted by Crippen LogP contribution is -2.17. The molecule has 0 aromatic heterocycles. The van der Waals surface area contributed by atoms with Gasteiger partial charge in [0.25, 0.3) is 5.91 Å². The lowest BCUT2D eigenvalue weighted by molar-refractivity contribution is -0.114. The lowest BCUT2D eigenvalue weighted by Gasteiger charge is -2.15. The van der Waals surface area contributed by atoms with Gasteiger partial charge in [-0.25, -0.2) is 0 Å². The van der Waals surface area contributed by atoms with Gasteiger partial charge in [0.1, 0.15) is 0 Å². The quantitative estimate of drug-likeness (QED) is 0.918.